The third-order valence-corrected chi connectivity index (χ3v) is 3.87. The van der Waals surface area contributed by atoms with Crippen LogP contribution in [0.1, 0.15) is 31.1 Å². The van der Waals surface area contributed by atoms with Gasteiger partial charge in [-0.3, -0.25) is 9.59 Å². The van der Waals surface area contributed by atoms with Gasteiger partial charge in [0.25, 0.3) is 11.8 Å². The van der Waals surface area contributed by atoms with Crippen LogP contribution in [0.3, 0.4) is 0 Å². The van der Waals surface area contributed by atoms with Crippen LogP contribution in [-0.2, 0) is 14.3 Å². The molecule has 0 aliphatic carbocycles. The Kier molecular flexibility index (Phi) is 7.34. The van der Waals surface area contributed by atoms with Crippen LogP contribution in [0, 0.1) is 0 Å². The Bertz CT molecular complexity index is 953. The SMILES string of the molecule is COC(=O)c1cc(NC(=O)COc2cc(OC)ccc2C(N)=O)cc(C(=O)OC)c1. The van der Waals surface area contributed by atoms with Crippen LogP contribution in [0.4, 0.5) is 5.69 Å². The van der Waals surface area contributed by atoms with Gasteiger partial charge in [-0.05, 0) is 30.3 Å². The molecule has 0 radical (unpaired) electrons. The Labute approximate surface area is 171 Å². The molecule has 0 saturated heterocycles. The van der Waals surface area contributed by atoms with Crippen molar-refractivity contribution < 1.29 is 38.1 Å². The topological polar surface area (TPSA) is 143 Å². The lowest BCUT2D eigenvalue weighted by Gasteiger charge is -2.12. The number of anilines is 1. The molecule has 0 heterocycles. The summed E-state index contributed by atoms with van der Waals surface area (Å²) in [4.78, 5) is 47.5. The fourth-order valence-corrected chi connectivity index (χ4v) is 2.46. The van der Waals surface area contributed by atoms with Crippen LogP contribution < -0.4 is 20.5 Å². The number of ether oxygens (including phenoxy) is 4. The maximum atomic E-state index is 12.3. The summed E-state index contributed by atoms with van der Waals surface area (Å²) in [5, 5.41) is 2.50. The van der Waals surface area contributed by atoms with Crippen molar-refractivity contribution >= 4 is 29.4 Å². The van der Waals surface area contributed by atoms with Crippen molar-refractivity contribution in [1.29, 1.82) is 0 Å². The molecule has 158 valence electrons. The molecular weight excluding hydrogens is 396 g/mol. The molecule has 2 rings (SSSR count). The first-order valence-electron chi connectivity index (χ1n) is 8.51. The van der Waals surface area contributed by atoms with Crippen LogP contribution in [-0.4, -0.2) is 51.7 Å². The molecule has 30 heavy (non-hydrogen) atoms. The van der Waals surface area contributed by atoms with Crippen molar-refractivity contribution in [2.45, 2.75) is 0 Å². The van der Waals surface area contributed by atoms with E-state index < -0.39 is 30.4 Å². The minimum absolute atomic E-state index is 0.0421. The largest absolute Gasteiger partial charge is 0.497 e. The van der Waals surface area contributed by atoms with Crippen molar-refractivity contribution in [2.75, 3.05) is 33.3 Å². The normalized spacial score (nSPS) is 9.97. The van der Waals surface area contributed by atoms with Gasteiger partial charge in [-0.25, -0.2) is 9.59 Å². The van der Waals surface area contributed by atoms with Crippen LogP contribution in [0.2, 0.25) is 0 Å². The number of nitrogens with one attached hydrogen (secondary N) is 1. The molecule has 0 aliphatic heterocycles. The Morgan fingerprint density at radius 1 is 0.900 bits per heavy atom. The molecule has 2 aromatic carbocycles. The summed E-state index contributed by atoms with van der Waals surface area (Å²) in [6.07, 6.45) is 0. The number of rotatable bonds is 8. The summed E-state index contributed by atoms with van der Waals surface area (Å²) < 4.78 is 19.7. The van der Waals surface area contributed by atoms with Gasteiger partial charge >= 0.3 is 11.9 Å². The molecule has 0 spiro atoms. The Hall–Kier alpha value is -4.08. The Morgan fingerprint density at radius 3 is 2.00 bits per heavy atom. The fraction of sp³-hybridized carbons (Fsp3) is 0.200. The number of hydrogen-bond donors (Lipinski definition) is 2. The average Bonchev–Trinajstić information content (AvgIpc) is 2.75. The van der Waals surface area contributed by atoms with Gasteiger partial charge in [-0.1, -0.05) is 0 Å². The Balaban J connectivity index is 2.19. The predicted octanol–water partition coefficient (Wildman–Crippen LogP) is 1.38. The third-order valence-electron chi connectivity index (χ3n) is 3.87. The first-order chi connectivity index (χ1) is 14.3. The van der Waals surface area contributed by atoms with Gasteiger partial charge in [-0.2, -0.15) is 0 Å². The number of nitrogens with two attached hydrogens (primary N) is 1. The van der Waals surface area contributed by atoms with Crippen molar-refractivity contribution in [3.63, 3.8) is 0 Å². The molecule has 0 saturated carbocycles. The van der Waals surface area contributed by atoms with E-state index in [1.165, 1.54) is 57.7 Å². The van der Waals surface area contributed by atoms with Crippen LogP contribution in [0.15, 0.2) is 36.4 Å². The summed E-state index contributed by atoms with van der Waals surface area (Å²) in [7, 11) is 3.80. The molecule has 3 N–H and O–H groups in total. The molecule has 10 heteroatoms. The van der Waals surface area contributed by atoms with Crippen molar-refractivity contribution in [1.82, 2.24) is 0 Å². The second-order valence-corrected chi connectivity index (χ2v) is 5.85. The molecule has 0 aliphatic rings. The third kappa shape index (κ3) is 5.47. The second-order valence-electron chi connectivity index (χ2n) is 5.85. The zero-order valence-corrected chi connectivity index (χ0v) is 16.5. The van der Waals surface area contributed by atoms with Gasteiger partial charge in [0.1, 0.15) is 11.5 Å². The number of benzene rings is 2. The summed E-state index contributed by atoms with van der Waals surface area (Å²) in [5.74, 6) is -2.28. The Morgan fingerprint density at radius 2 is 1.50 bits per heavy atom. The van der Waals surface area contributed by atoms with Crippen molar-refractivity contribution in [2.24, 2.45) is 5.73 Å². The highest BCUT2D eigenvalue weighted by molar-refractivity contribution is 6.00. The quantitative estimate of drug-likeness (QED) is 0.615. The van der Waals surface area contributed by atoms with E-state index in [2.05, 4.69) is 14.8 Å². The maximum Gasteiger partial charge on any atom is 0.337 e. The van der Waals surface area contributed by atoms with Gasteiger partial charge < -0.3 is 30.0 Å². The minimum Gasteiger partial charge on any atom is -0.497 e. The number of esters is 2. The van der Waals surface area contributed by atoms with Crippen LogP contribution in [0.25, 0.3) is 0 Å². The van der Waals surface area contributed by atoms with Crippen LogP contribution >= 0.6 is 0 Å². The van der Waals surface area contributed by atoms with Crippen molar-refractivity contribution in [3.8, 4) is 11.5 Å². The lowest BCUT2D eigenvalue weighted by molar-refractivity contribution is -0.118. The molecule has 0 fully saturated rings. The molecule has 2 aromatic rings. The summed E-state index contributed by atoms with van der Waals surface area (Å²) in [5.41, 5.74) is 5.61. The van der Waals surface area contributed by atoms with E-state index >= 15 is 0 Å². The van der Waals surface area contributed by atoms with E-state index in [1.807, 2.05) is 0 Å². The lowest BCUT2D eigenvalue weighted by Crippen LogP contribution is -2.22. The zero-order chi connectivity index (χ0) is 22.3. The smallest absolute Gasteiger partial charge is 0.337 e. The molecular formula is C20H20N2O8. The number of methoxy groups -OCH3 is 3. The zero-order valence-electron chi connectivity index (χ0n) is 16.5. The summed E-state index contributed by atoms with van der Waals surface area (Å²) in [6.45, 7) is -0.483. The summed E-state index contributed by atoms with van der Waals surface area (Å²) >= 11 is 0. The summed E-state index contributed by atoms with van der Waals surface area (Å²) in [6, 6.07) is 8.30. The number of hydrogen-bond acceptors (Lipinski definition) is 8. The standard InChI is InChI=1S/C20H20N2O8/c1-27-14-4-5-15(18(21)24)16(9-14)30-10-17(23)22-13-7-11(19(25)28-2)6-12(8-13)20(26)29-3/h4-9H,10H2,1-3H3,(H2,21,24)(H,22,23). The van der Waals surface area contributed by atoms with Gasteiger partial charge in [0.15, 0.2) is 6.61 Å². The molecule has 2 amide bonds. The van der Waals surface area contributed by atoms with Gasteiger partial charge in [0.05, 0.1) is 38.0 Å². The van der Waals surface area contributed by atoms with E-state index in [-0.39, 0.29) is 28.1 Å². The monoisotopic (exact) mass is 416 g/mol. The van der Waals surface area contributed by atoms with Gasteiger partial charge in [0.2, 0.25) is 0 Å². The van der Waals surface area contributed by atoms with E-state index in [1.54, 1.807) is 0 Å². The van der Waals surface area contributed by atoms with Gasteiger partial charge in [-0.15, -0.1) is 0 Å². The molecule has 10 nitrogen and oxygen atoms in total. The van der Waals surface area contributed by atoms with Crippen molar-refractivity contribution in [3.05, 3.63) is 53.1 Å². The minimum atomic E-state index is -0.735. The number of carbonyl (C=O) groups is 4. The number of primary amides is 1. The predicted molar refractivity (Wildman–Crippen MR) is 105 cm³/mol. The molecule has 0 unspecified atom stereocenters. The van der Waals surface area contributed by atoms with E-state index in [0.717, 1.165) is 0 Å². The molecule has 0 atom stereocenters. The highest BCUT2D eigenvalue weighted by atomic mass is 16.5. The van der Waals surface area contributed by atoms with E-state index in [0.29, 0.717) is 5.75 Å². The maximum absolute atomic E-state index is 12.3. The highest BCUT2D eigenvalue weighted by Crippen LogP contribution is 2.24. The van der Waals surface area contributed by atoms with Gasteiger partial charge in [0, 0.05) is 11.8 Å². The van der Waals surface area contributed by atoms with E-state index in [9.17, 15) is 19.2 Å². The lowest BCUT2D eigenvalue weighted by atomic mass is 10.1. The molecule has 0 aromatic heterocycles. The fourth-order valence-electron chi connectivity index (χ4n) is 2.46. The van der Waals surface area contributed by atoms with E-state index in [4.69, 9.17) is 15.2 Å². The number of carbonyl (C=O) groups excluding carboxylic acids is 4. The van der Waals surface area contributed by atoms with Crippen LogP contribution in [0.5, 0.6) is 11.5 Å². The molecule has 0 bridgehead atoms. The first-order valence-corrected chi connectivity index (χ1v) is 8.51. The second kappa shape index (κ2) is 9.92. The first kappa shape index (κ1) is 22.2. The highest BCUT2D eigenvalue weighted by Gasteiger charge is 2.16. The number of amides is 2. The average molecular weight is 416 g/mol.